The number of methoxy groups -OCH3 is 1. The van der Waals surface area contributed by atoms with Crippen LogP contribution in [0, 0.1) is 0 Å². The van der Waals surface area contributed by atoms with Crippen LogP contribution in [0.2, 0.25) is 5.02 Å². The van der Waals surface area contributed by atoms with Gasteiger partial charge in [-0.25, -0.2) is 8.42 Å². The third-order valence-electron chi connectivity index (χ3n) is 2.73. The van der Waals surface area contributed by atoms with Crippen molar-refractivity contribution in [3.8, 4) is 11.5 Å². The summed E-state index contributed by atoms with van der Waals surface area (Å²) in [5.41, 5.74) is 0.828. The van der Waals surface area contributed by atoms with Crippen LogP contribution in [0.15, 0.2) is 12.1 Å². The Labute approximate surface area is 129 Å². The smallest absolute Gasteiger partial charge is 0.179 e. The van der Waals surface area contributed by atoms with Gasteiger partial charge in [-0.1, -0.05) is 18.5 Å². The van der Waals surface area contributed by atoms with E-state index in [2.05, 4.69) is 0 Å². The molecule has 0 amide bonds. The Bertz CT molecular complexity index is 544. The van der Waals surface area contributed by atoms with Crippen molar-refractivity contribution >= 4 is 33.0 Å². The highest BCUT2D eigenvalue weighted by atomic mass is 35.5. The lowest BCUT2D eigenvalue weighted by Crippen LogP contribution is -2.12. The fourth-order valence-electron chi connectivity index (χ4n) is 1.59. The van der Waals surface area contributed by atoms with E-state index in [4.69, 9.17) is 32.7 Å². The monoisotopic (exact) mass is 340 g/mol. The lowest BCUT2D eigenvalue weighted by molar-refractivity contribution is 0.294. The molecule has 0 spiro atoms. The minimum absolute atomic E-state index is 0.100. The summed E-state index contributed by atoms with van der Waals surface area (Å²) in [4.78, 5) is 0. The highest BCUT2D eigenvalue weighted by Gasteiger charge is 2.13. The van der Waals surface area contributed by atoms with E-state index in [1.165, 1.54) is 7.11 Å². The summed E-state index contributed by atoms with van der Waals surface area (Å²) in [5, 5.41) is 0.401. The average molecular weight is 341 g/mol. The predicted molar refractivity (Wildman–Crippen MR) is 82.0 cm³/mol. The number of halogens is 2. The number of sulfone groups is 1. The quantitative estimate of drug-likeness (QED) is 0.538. The molecule has 0 aliphatic carbocycles. The van der Waals surface area contributed by atoms with E-state index in [-0.39, 0.29) is 18.1 Å². The van der Waals surface area contributed by atoms with Crippen LogP contribution in [-0.2, 0) is 15.7 Å². The number of hydrogen-bond donors (Lipinski definition) is 0. The molecule has 1 aromatic carbocycles. The molecule has 0 aliphatic rings. The molecule has 0 atom stereocenters. The summed E-state index contributed by atoms with van der Waals surface area (Å²) in [7, 11) is -1.46. The topological polar surface area (TPSA) is 52.6 Å². The molecule has 0 N–H and O–H groups in total. The Morgan fingerprint density at radius 1 is 1.30 bits per heavy atom. The summed E-state index contributed by atoms with van der Waals surface area (Å²) in [6.45, 7) is 1.89. The van der Waals surface area contributed by atoms with E-state index >= 15 is 0 Å². The Kier molecular flexibility index (Phi) is 6.92. The highest BCUT2D eigenvalue weighted by Crippen LogP contribution is 2.36. The number of ether oxygens (including phenoxy) is 2. The van der Waals surface area contributed by atoms with Crippen molar-refractivity contribution < 1.29 is 17.9 Å². The molecular formula is C13H18Cl2O4S. The molecule has 0 aliphatic heterocycles. The first-order valence-corrected chi connectivity index (χ1v) is 8.92. The molecule has 0 saturated carbocycles. The zero-order chi connectivity index (χ0) is 15.2. The average Bonchev–Trinajstić information content (AvgIpc) is 2.44. The fraction of sp³-hybridized carbons (Fsp3) is 0.538. The lowest BCUT2D eigenvalue weighted by Gasteiger charge is -2.13. The number of benzene rings is 1. The van der Waals surface area contributed by atoms with Gasteiger partial charge in [-0.3, -0.25) is 0 Å². The summed E-state index contributed by atoms with van der Waals surface area (Å²) in [5.74, 6) is 1.47. The molecule has 0 aromatic heterocycles. The standard InChI is InChI=1S/C13H18Cl2O4S/c1-3-20(16,17)6-4-5-19-13-11(15)7-10(9-14)8-12(13)18-2/h7-8H,3-6,9H2,1-2H3. The molecule has 0 radical (unpaired) electrons. The van der Waals surface area contributed by atoms with Crippen LogP contribution in [0.1, 0.15) is 18.9 Å². The minimum Gasteiger partial charge on any atom is -0.493 e. The van der Waals surface area contributed by atoms with Crippen LogP contribution in [0.25, 0.3) is 0 Å². The minimum atomic E-state index is -2.97. The van der Waals surface area contributed by atoms with E-state index in [9.17, 15) is 8.42 Å². The highest BCUT2D eigenvalue weighted by molar-refractivity contribution is 7.91. The summed E-state index contributed by atoms with van der Waals surface area (Å²) >= 11 is 11.9. The van der Waals surface area contributed by atoms with Gasteiger partial charge in [0.1, 0.15) is 9.84 Å². The Hall–Kier alpha value is -0.650. The second-order valence-electron chi connectivity index (χ2n) is 4.18. The molecule has 0 fully saturated rings. The van der Waals surface area contributed by atoms with Crippen molar-refractivity contribution in [2.24, 2.45) is 0 Å². The Balaban J connectivity index is 2.68. The molecule has 4 nitrogen and oxygen atoms in total. The molecular weight excluding hydrogens is 323 g/mol. The van der Waals surface area contributed by atoms with Crippen LogP contribution >= 0.6 is 23.2 Å². The number of rotatable bonds is 8. The van der Waals surface area contributed by atoms with Gasteiger partial charge in [-0.2, -0.15) is 0 Å². The second-order valence-corrected chi connectivity index (χ2v) is 7.33. The maximum absolute atomic E-state index is 11.4. The van der Waals surface area contributed by atoms with Crippen LogP contribution in [0.5, 0.6) is 11.5 Å². The molecule has 0 saturated heterocycles. The van der Waals surface area contributed by atoms with E-state index < -0.39 is 9.84 Å². The third kappa shape index (κ3) is 5.04. The summed E-state index contributed by atoms with van der Waals surface area (Å²) in [6.07, 6.45) is 0.410. The first kappa shape index (κ1) is 17.4. The summed E-state index contributed by atoms with van der Waals surface area (Å²) in [6, 6.07) is 3.45. The van der Waals surface area contributed by atoms with Gasteiger partial charge in [0.2, 0.25) is 0 Å². The zero-order valence-corrected chi connectivity index (χ0v) is 13.8. The third-order valence-corrected chi connectivity index (χ3v) is 5.11. The SMILES string of the molecule is CCS(=O)(=O)CCCOc1c(Cl)cc(CCl)cc1OC. The van der Waals surface area contributed by atoms with E-state index in [1.807, 2.05) is 0 Å². The first-order chi connectivity index (χ1) is 9.43. The van der Waals surface area contributed by atoms with Gasteiger partial charge in [0.05, 0.1) is 24.5 Å². The summed E-state index contributed by atoms with van der Waals surface area (Å²) < 4.78 is 33.5. The zero-order valence-electron chi connectivity index (χ0n) is 11.5. The van der Waals surface area contributed by atoms with Crippen molar-refractivity contribution in [1.29, 1.82) is 0 Å². The molecule has 0 unspecified atom stereocenters. The molecule has 114 valence electrons. The van der Waals surface area contributed by atoms with Gasteiger partial charge in [0.25, 0.3) is 0 Å². The number of alkyl halides is 1. The van der Waals surface area contributed by atoms with Crippen LogP contribution < -0.4 is 9.47 Å². The van der Waals surface area contributed by atoms with Crippen LogP contribution in [0.3, 0.4) is 0 Å². The maximum atomic E-state index is 11.4. The van der Waals surface area contributed by atoms with E-state index in [1.54, 1.807) is 19.1 Å². The molecule has 1 rings (SSSR count). The Morgan fingerprint density at radius 3 is 2.55 bits per heavy atom. The molecule has 7 heteroatoms. The van der Waals surface area contributed by atoms with Crippen LogP contribution in [0.4, 0.5) is 0 Å². The largest absolute Gasteiger partial charge is 0.493 e. The first-order valence-electron chi connectivity index (χ1n) is 6.19. The fourth-order valence-corrected chi connectivity index (χ4v) is 2.88. The van der Waals surface area contributed by atoms with Gasteiger partial charge < -0.3 is 9.47 Å². The van der Waals surface area contributed by atoms with Gasteiger partial charge >= 0.3 is 0 Å². The second kappa shape index (κ2) is 7.96. The maximum Gasteiger partial charge on any atom is 0.179 e. The van der Waals surface area contributed by atoms with E-state index in [0.29, 0.717) is 28.8 Å². The molecule has 0 heterocycles. The van der Waals surface area contributed by atoms with Crippen LogP contribution in [-0.4, -0.2) is 33.6 Å². The van der Waals surface area contributed by atoms with Crippen molar-refractivity contribution in [2.75, 3.05) is 25.2 Å². The molecule has 20 heavy (non-hydrogen) atoms. The predicted octanol–water partition coefficient (Wildman–Crippen LogP) is 3.29. The van der Waals surface area contributed by atoms with Crippen molar-refractivity contribution in [2.45, 2.75) is 19.2 Å². The molecule has 0 bridgehead atoms. The van der Waals surface area contributed by atoms with E-state index in [0.717, 1.165) is 5.56 Å². The lowest BCUT2D eigenvalue weighted by atomic mass is 10.2. The van der Waals surface area contributed by atoms with Gasteiger partial charge in [-0.05, 0) is 24.1 Å². The van der Waals surface area contributed by atoms with Gasteiger partial charge in [-0.15, -0.1) is 11.6 Å². The normalized spacial score (nSPS) is 11.4. The number of hydrogen-bond acceptors (Lipinski definition) is 4. The molecule has 1 aromatic rings. The van der Waals surface area contributed by atoms with Gasteiger partial charge in [0, 0.05) is 11.6 Å². The van der Waals surface area contributed by atoms with Gasteiger partial charge in [0.15, 0.2) is 11.5 Å². The Morgan fingerprint density at radius 2 is 2.00 bits per heavy atom. The van der Waals surface area contributed by atoms with Crippen molar-refractivity contribution in [3.05, 3.63) is 22.7 Å². The van der Waals surface area contributed by atoms with Crippen molar-refractivity contribution in [3.63, 3.8) is 0 Å². The van der Waals surface area contributed by atoms with Crippen molar-refractivity contribution in [1.82, 2.24) is 0 Å².